The van der Waals surface area contributed by atoms with Crippen molar-refractivity contribution in [2.45, 2.75) is 50.8 Å². The van der Waals surface area contributed by atoms with Crippen molar-refractivity contribution in [3.05, 3.63) is 83.0 Å². The summed E-state index contributed by atoms with van der Waals surface area (Å²) in [5, 5.41) is 3.12. The molecule has 0 saturated carbocycles. The number of halogens is 3. The average Bonchev–Trinajstić information content (AvgIpc) is 2.87. The van der Waals surface area contributed by atoms with E-state index in [4.69, 9.17) is 0 Å². The fourth-order valence-corrected chi connectivity index (χ4v) is 9.98. The van der Waals surface area contributed by atoms with E-state index in [9.17, 15) is 0 Å². The minimum Gasteiger partial charge on any atom is -1.00 e. The summed E-state index contributed by atoms with van der Waals surface area (Å²) in [6.45, 7) is 11.8. The Bertz CT molecular complexity index is 825. The second-order valence-corrected chi connectivity index (χ2v) is 12.3. The Balaban J connectivity index is 0.00000280. The number of allylic oxidation sites excluding steroid dienone is 4. The smallest absolute Gasteiger partial charge is 1.00 e. The number of rotatable bonds is 6. The van der Waals surface area contributed by atoms with Crippen LogP contribution in [0.1, 0.15) is 41.0 Å². The van der Waals surface area contributed by atoms with E-state index < -0.39 is 8.80 Å². The first kappa shape index (κ1) is 29.7. The van der Waals surface area contributed by atoms with Crippen LogP contribution in [0.2, 0.25) is 9.76 Å². The van der Waals surface area contributed by atoms with Gasteiger partial charge < -0.3 is 37.2 Å². The minimum atomic E-state index is -1.32. The van der Waals surface area contributed by atoms with Gasteiger partial charge in [0.2, 0.25) is 0 Å². The maximum Gasteiger partial charge on any atom is -1.00 e. The second kappa shape index (κ2) is 12.7. The van der Waals surface area contributed by atoms with Crippen LogP contribution in [-0.4, -0.2) is 8.80 Å². The van der Waals surface area contributed by atoms with E-state index in [1.807, 2.05) is 0 Å². The van der Waals surface area contributed by atoms with Gasteiger partial charge >= 0.3 is 179 Å². The van der Waals surface area contributed by atoms with Crippen LogP contribution in [-0.2, 0) is 20.4 Å². The van der Waals surface area contributed by atoms with Crippen molar-refractivity contribution in [3.8, 4) is 0 Å². The van der Waals surface area contributed by atoms with Crippen molar-refractivity contribution in [3.63, 3.8) is 0 Å². The van der Waals surface area contributed by atoms with Gasteiger partial charge in [-0.2, -0.15) is 0 Å². The van der Waals surface area contributed by atoms with Crippen molar-refractivity contribution in [2.24, 2.45) is 5.92 Å². The molecule has 30 heavy (non-hydrogen) atoms. The topological polar surface area (TPSA) is 0 Å². The summed E-state index contributed by atoms with van der Waals surface area (Å²) in [7, 11) is -1.32. The molecule has 5 heteroatoms. The second-order valence-electron chi connectivity index (χ2n) is 8.08. The number of benzene rings is 2. The molecule has 0 aliphatic heterocycles. The van der Waals surface area contributed by atoms with Crippen LogP contribution in [0.3, 0.4) is 0 Å². The standard InChI is InChI=1S/C25H31Si.3ClH.Ti/c1-6-18(2)25-21(5)19(3)20(4)24(25)17-26(22-13-9-7-10-14-22)23-15-11-8-12-16-23;;;;/h7-16,18,26H,6,17H2,1-5H3;3*1H;/q;;;;+3/p-3. The number of hydrogen-bond acceptors (Lipinski definition) is 0. The van der Waals surface area contributed by atoms with Gasteiger partial charge in [-0.15, -0.1) is 0 Å². The van der Waals surface area contributed by atoms with Crippen LogP contribution < -0.4 is 47.6 Å². The molecule has 0 radical (unpaired) electrons. The van der Waals surface area contributed by atoms with Gasteiger partial charge in [0.1, 0.15) is 0 Å². The third kappa shape index (κ3) is 5.74. The first-order chi connectivity index (χ1) is 12.9. The van der Waals surface area contributed by atoms with Crippen LogP contribution in [0.5, 0.6) is 0 Å². The molecule has 0 spiro atoms. The van der Waals surface area contributed by atoms with Crippen LogP contribution in [0.25, 0.3) is 0 Å². The quantitative estimate of drug-likeness (QED) is 0.351. The Labute approximate surface area is 215 Å². The van der Waals surface area contributed by atoms with E-state index in [-0.39, 0.29) is 40.9 Å². The largest absolute Gasteiger partial charge is 1.00 e. The van der Waals surface area contributed by atoms with Gasteiger partial charge in [0.25, 0.3) is 0 Å². The van der Waals surface area contributed by atoms with E-state index in [1.165, 1.54) is 18.0 Å². The van der Waals surface area contributed by atoms with Crippen molar-refractivity contribution < 1.29 is 57.7 Å². The zero-order valence-electron chi connectivity index (χ0n) is 18.5. The summed E-state index contributed by atoms with van der Waals surface area (Å²) in [5.74, 6) is 0.642. The first-order valence-electron chi connectivity index (χ1n) is 10.1. The zero-order valence-corrected chi connectivity index (χ0v) is 23.5. The van der Waals surface area contributed by atoms with Crippen molar-refractivity contribution in [2.75, 3.05) is 0 Å². The van der Waals surface area contributed by atoms with E-state index >= 15 is 0 Å². The zero-order chi connectivity index (χ0) is 19.6. The SMILES string of the molecule is CCC(C)C1=C(C)C(C)=C(C)[C]1([Ti+3])C[SiH](c1ccccc1)c1ccccc1.[Cl-].[Cl-].[Cl-]. The van der Waals surface area contributed by atoms with Crippen molar-refractivity contribution >= 4 is 19.2 Å². The van der Waals surface area contributed by atoms with Gasteiger partial charge in [-0.3, -0.25) is 0 Å². The molecular formula is C25H31Cl3SiTi. The van der Waals surface area contributed by atoms with Gasteiger partial charge in [0, 0.05) is 0 Å². The predicted molar refractivity (Wildman–Crippen MR) is 117 cm³/mol. The van der Waals surface area contributed by atoms with E-state index in [0.717, 1.165) is 0 Å². The van der Waals surface area contributed by atoms with E-state index in [2.05, 4.69) is 116 Å². The maximum absolute atomic E-state index is 2.52. The third-order valence-electron chi connectivity index (χ3n) is 6.65. The molecule has 1 aliphatic rings. The van der Waals surface area contributed by atoms with Gasteiger partial charge in [0.05, 0.1) is 0 Å². The summed E-state index contributed by atoms with van der Waals surface area (Å²) in [4.78, 5) is 0. The molecule has 2 atom stereocenters. The Morgan fingerprint density at radius 1 is 0.800 bits per heavy atom. The Morgan fingerprint density at radius 3 is 1.63 bits per heavy atom. The average molecular weight is 514 g/mol. The summed E-state index contributed by atoms with van der Waals surface area (Å²) in [5.41, 5.74) is 6.38. The molecule has 2 aromatic carbocycles. The molecule has 160 valence electrons. The summed E-state index contributed by atoms with van der Waals surface area (Å²) in [6.07, 6.45) is 1.21. The van der Waals surface area contributed by atoms with Crippen molar-refractivity contribution in [1.82, 2.24) is 0 Å². The fraction of sp³-hybridized carbons (Fsp3) is 0.360. The molecule has 0 aromatic heterocycles. The van der Waals surface area contributed by atoms with Gasteiger partial charge in [0.15, 0.2) is 0 Å². The molecular weight excluding hydrogens is 483 g/mol. The monoisotopic (exact) mass is 512 g/mol. The fourth-order valence-electron chi connectivity index (χ4n) is 4.69. The molecule has 0 heterocycles. The van der Waals surface area contributed by atoms with Crippen molar-refractivity contribution in [1.29, 1.82) is 0 Å². The van der Waals surface area contributed by atoms with Gasteiger partial charge in [-0.25, -0.2) is 0 Å². The van der Waals surface area contributed by atoms with Gasteiger partial charge in [-0.05, 0) is 0 Å². The molecule has 0 bridgehead atoms. The predicted octanol–water partition coefficient (Wildman–Crippen LogP) is -3.54. The van der Waals surface area contributed by atoms with Gasteiger partial charge in [-0.1, -0.05) is 0 Å². The van der Waals surface area contributed by atoms with Crippen LogP contribution in [0, 0.1) is 5.92 Å². The summed E-state index contributed by atoms with van der Waals surface area (Å²) in [6, 6.07) is 23.8. The van der Waals surface area contributed by atoms with Crippen LogP contribution in [0.15, 0.2) is 83.0 Å². The van der Waals surface area contributed by atoms with E-state index in [0.29, 0.717) is 5.92 Å². The molecule has 0 fully saturated rings. The van der Waals surface area contributed by atoms with Crippen LogP contribution >= 0.6 is 0 Å². The molecule has 3 rings (SSSR count). The Morgan fingerprint density at radius 2 is 1.23 bits per heavy atom. The maximum atomic E-state index is 2.52. The molecule has 2 unspecified atom stereocenters. The molecule has 1 aliphatic carbocycles. The number of hydrogen-bond donors (Lipinski definition) is 0. The normalized spacial score (nSPS) is 19.2. The minimum absolute atomic E-state index is 0. The van der Waals surface area contributed by atoms with E-state index in [1.54, 1.807) is 27.1 Å². The molecule has 0 nitrogen and oxygen atoms in total. The van der Waals surface area contributed by atoms with Crippen LogP contribution in [0.4, 0.5) is 0 Å². The summed E-state index contributed by atoms with van der Waals surface area (Å²) < 4.78 is 0.187. The molecule has 2 aromatic rings. The molecule has 0 saturated heterocycles. The summed E-state index contributed by atoms with van der Waals surface area (Å²) >= 11 is 2.52. The third-order valence-corrected chi connectivity index (χ3v) is 12.0. The molecule has 0 amide bonds. The first-order valence-corrected chi connectivity index (χ1v) is 12.9. The molecule has 0 N–H and O–H groups in total. The Hall–Kier alpha value is -0.279. The Kier molecular flexibility index (Phi) is 12.6.